The molecule has 0 saturated carbocycles. The van der Waals surface area contributed by atoms with Crippen LogP contribution in [0.25, 0.3) is 0 Å². The molecule has 1 N–H and O–H groups in total. The Labute approximate surface area is 82.4 Å². The van der Waals surface area contributed by atoms with E-state index in [0.717, 1.165) is 30.5 Å². The molecule has 0 aromatic carbocycles. The van der Waals surface area contributed by atoms with Gasteiger partial charge < -0.3 is 5.11 Å². The van der Waals surface area contributed by atoms with E-state index in [1.165, 1.54) is 6.42 Å². The predicted octanol–water partition coefficient (Wildman–Crippen LogP) is 1.60. The Kier molecular flexibility index (Phi) is 4.26. The first-order valence-corrected chi connectivity index (χ1v) is 5.18. The number of nitrogens with zero attached hydrogens (tertiary/aromatic N) is 1. The maximum absolute atomic E-state index is 8.75. The summed E-state index contributed by atoms with van der Waals surface area (Å²) in [4.78, 5) is 2.37. The number of hydrogen-bond donors (Lipinski definition) is 1. The standard InChI is InChI=1S/C9H16BrNO/c1-8(10)6-11-4-2-9(7-11)3-5-12/h9,12H,1-7H2. The van der Waals surface area contributed by atoms with Gasteiger partial charge in [0.1, 0.15) is 0 Å². The molecule has 0 bridgehead atoms. The fraction of sp³-hybridized carbons (Fsp3) is 0.778. The van der Waals surface area contributed by atoms with Crippen molar-refractivity contribution >= 4 is 15.9 Å². The fourth-order valence-electron chi connectivity index (χ4n) is 1.72. The average molecular weight is 234 g/mol. The summed E-state index contributed by atoms with van der Waals surface area (Å²) in [6.07, 6.45) is 2.17. The highest BCUT2D eigenvalue weighted by Crippen LogP contribution is 2.20. The van der Waals surface area contributed by atoms with E-state index in [-0.39, 0.29) is 0 Å². The molecule has 1 saturated heterocycles. The average Bonchev–Trinajstić information content (AvgIpc) is 2.36. The van der Waals surface area contributed by atoms with Crippen molar-refractivity contribution < 1.29 is 5.11 Å². The van der Waals surface area contributed by atoms with E-state index in [2.05, 4.69) is 27.4 Å². The Balaban J connectivity index is 2.21. The second-order valence-electron chi connectivity index (χ2n) is 3.42. The van der Waals surface area contributed by atoms with Crippen LogP contribution in [0.15, 0.2) is 11.1 Å². The Morgan fingerprint density at radius 2 is 2.42 bits per heavy atom. The van der Waals surface area contributed by atoms with Gasteiger partial charge in [-0.15, -0.1) is 0 Å². The second-order valence-corrected chi connectivity index (χ2v) is 4.54. The van der Waals surface area contributed by atoms with Crippen LogP contribution in [-0.4, -0.2) is 36.2 Å². The van der Waals surface area contributed by atoms with Crippen LogP contribution in [0.1, 0.15) is 12.8 Å². The summed E-state index contributed by atoms with van der Waals surface area (Å²) >= 11 is 3.36. The van der Waals surface area contributed by atoms with Gasteiger partial charge in [0.15, 0.2) is 0 Å². The molecule has 0 amide bonds. The molecule has 70 valence electrons. The van der Waals surface area contributed by atoms with Gasteiger partial charge in [-0.3, -0.25) is 4.90 Å². The number of rotatable bonds is 4. The van der Waals surface area contributed by atoms with E-state index in [1.807, 2.05) is 0 Å². The Morgan fingerprint density at radius 3 is 3.00 bits per heavy atom. The second kappa shape index (κ2) is 5.00. The molecule has 12 heavy (non-hydrogen) atoms. The lowest BCUT2D eigenvalue weighted by Crippen LogP contribution is -2.22. The Hall–Kier alpha value is 0.140. The summed E-state index contributed by atoms with van der Waals surface area (Å²) in [6.45, 7) is 7.35. The summed E-state index contributed by atoms with van der Waals surface area (Å²) in [7, 11) is 0. The lowest BCUT2D eigenvalue weighted by atomic mass is 10.1. The molecule has 1 rings (SSSR count). The lowest BCUT2D eigenvalue weighted by molar-refractivity contribution is 0.254. The van der Waals surface area contributed by atoms with Gasteiger partial charge in [-0.25, -0.2) is 0 Å². The molecule has 1 fully saturated rings. The summed E-state index contributed by atoms with van der Waals surface area (Å²) in [5.74, 6) is 0.696. The topological polar surface area (TPSA) is 23.5 Å². The number of aliphatic hydroxyl groups excluding tert-OH is 1. The minimum atomic E-state index is 0.327. The molecule has 1 unspecified atom stereocenters. The summed E-state index contributed by atoms with van der Waals surface area (Å²) in [6, 6.07) is 0. The largest absolute Gasteiger partial charge is 0.396 e. The van der Waals surface area contributed by atoms with Gasteiger partial charge >= 0.3 is 0 Å². The normalized spacial score (nSPS) is 24.7. The summed E-state index contributed by atoms with van der Waals surface area (Å²) in [5, 5.41) is 8.75. The van der Waals surface area contributed by atoms with E-state index in [1.54, 1.807) is 0 Å². The van der Waals surface area contributed by atoms with Gasteiger partial charge in [-0.2, -0.15) is 0 Å². The van der Waals surface area contributed by atoms with Crippen LogP contribution >= 0.6 is 15.9 Å². The van der Waals surface area contributed by atoms with Crippen LogP contribution in [0.5, 0.6) is 0 Å². The SMILES string of the molecule is C=C(Br)CN1CCC(CCO)C1. The zero-order valence-corrected chi connectivity index (χ0v) is 8.89. The van der Waals surface area contributed by atoms with Crippen LogP contribution in [0, 0.1) is 5.92 Å². The first kappa shape index (κ1) is 10.2. The van der Waals surface area contributed by atoms with Crippen LogP contribution in [-0.2, 0) is 0 Å². The van der Waals surface area contributed by atoms with Gasteiger partial charge in [0.05, 0.1) is 0 Å². The summed E-state index contributed by atoms with van der Waals surface area (Å²) in [5.41, 5.74) is 0. The van der Waals surface area contributed by atoms with Gasteiger partial charge in [-0.1, -0.05) is 22.5 Å². The smallest absolute Gasteiger partial charge is 0.0434 e. The highest BCUT2D eigenvalue weighted by Gasteiger charge is 2.21. The van der Waals surface area contributed by atoms with Gasteiger partial charge in [0.25, 0.3) is 0 Å². The van der Waals surface area contributed by atoms with Crippen molar-refractivity contribution in [3.05, 3.63) is 11.1 Å². The third-order valence-corrected chi connectivity index (χ3v) is 2.55. The highest BCUT2D eigenvalue weighted by molar-refractivity contribution is 9.11. The Morgan fingerprint density at radius 1 is 1.67 bits per heavy atom. The van der Waals surface area contributed by atoms with E-state index in [0.29, 0.717) is 12.5 Å². The molecule has 3 heteroatoms. The monoisotopic (exact) mass is 233 g/mol. The van der Waals surface area contributed by atoms with Crippen LogP contribution in [0.4, 0.5) is 0 Å². The summed E-state index contributed by atoms with van der Waals surface area (Å²) < 4.78 is 1.05. The van der Waals surface area contributed by atoms with Crippen molar-refractivity contribution in [2.75, 3.05) is 26.2 Å². The van der Waals surface area contributed by atoms with Crippen molar-refractivity contribution in [1.82, 2.24) is 4.90 Å². The molecule has 0 radical (unpaired) electrons. The maximum Gasteiger partial charge on any atom is 0.0434 e. The van der Waals surface area contributed by atoms with E-state index in [9.17, 15) is 0 Å². The van der Waals surface area contributed by atoms with Gasteiger partial charge in [0.2, 0.25) is 0 Å². The van der Waals surface area contributed by atoms with Crippen molar-refractivity contribution in [3.8, 4) is 0 Å². The quantitative estimate of drug-likeness (QED) is 0.798. The molecular weight excluding hydrogens is 218 g/mol. The van der Waals surface area contributed by atoms with Crippen LogP contribution in [0.2, 0.25) is 0 Å². The lowest BCUT2D eigenvalue weighted by Gasteiger charge is -2.14. The zero-order chi connectivity index (χ0) is 8.97. The fourth-order valence-corrected chi connectivity index (χ4v) is 2.07. The Bertz CT molecular complexity index is 161. The predicted molar refractivity (Wildman–Crippen MR) is 54.3 cm³/mol. The zero-order valence-electron chi connectivity index (χ0n) is 7.30. The third kappa shape index (κ3) is 3.25. The third-order valence-electron chi connectivity index (χ3n) is 2.30. The van der Waals surface area contributed by atoms with Crippen molar-refractivity contribution in [2.45, 2.75) is 12.8 Å². The molecule has 1 atom stereocenters. The number of halogens is 1. The molecule has 0 aromatic rings. The number of aliphatic hydroxyl groups is 1. The molecule has 2 nitrogen and oxygen atoms in total. The first-order valence-electron chi connectivity index (χ1n) is 4.39. The minimum Gasteiger partial charge on any atom is -0.396 e. The van der Waals surface area contributed by atoms with Gasteiger partial charge in [0, 0.05) is 24.2 Å². The number of likely N-dealkylation sites (tertiary alicyclic amines) is 1. The van der Waals surface area contributed by atoms with Crippen molar-refractivity contribution in [3.63, 3.8) is 0 Å². The molecule has 0 spiro atoms. The molecule has 1 heterocycles. The van der Waals surface area contributed by atoms with Gasteiger partial charge in [-0.05, 0) is 25.3 Å². The molecule has 0 aliphatic carbocycles. The van der Waals surface area contributed by atoms with E-state index in [4.69, 9.17) is 5.11 Å². The molecule has 1 aliphatic heterocycles. The molecular formula is C9H16BrNO. The van der Waals surface area contributed by atoms with Crippen LogP contribution < -0.4 is 0 Å². The maximum atomic E-state index is 8.75. The van der Waals surface area contributed by atoms with Crippen molar-refractivity contribution in [1.29, 1.82) is 0 Å². The molecule has 1 aliphatic rings. The van der Waals surface area contributed by atoms with E-state index < -0.39 is 0 Å². The van der Waals surface area contributed by atoms with Crippen molar-refractivity contribution in [2.24, 2.45) is 5.92 Å². The molecule has 0 aromatic heterocycles. The minimum absolute atomic E-state index is 0.327. The van der Waals surface area contributed by atoms with E-state index >= 15 is 0 Å². The first-order chi connectivity index (χ1) is 5.72. The number of hydrogen-bond acceptors (Lipinski definition) is 2. The highest BCUT2D eigenvalue weighted by atomic mass is 79.9. The van der Waals surface area contributed by atoms with Crippen LogP contribution in [0.3, 0.4) is 0 Å².